The first-order valence-electron chi connectivity index (χ1n) is 29.4. The first-order valence-corrected chi connectivity index (χ1v) is 29.4. The molecule has 89 heavy (non-hydrogen) atoms. The van der Waals surface area contributed by atoms with Gasteiger partial charge in [0.15, 0.2) is 0 Å². The number of anilines is 4. The molecule has 432 valence electrons. The van der Waals surface area contributed by atoms with Crippen molar-refractivity contribution in [3.05, 3.63) is 334 Å². The molecular weight excluding hydrogens is 1100 g/mol. The van der Waals surface area contributed by atoms with Gasteiger partial charge in [-0.05, 0) is 134 Å². The van der Waals surface area contributed by atoms with Crippen molar-refractivity contribution in [1.82, 2.24) is 21.3 Å². The summed E-state index contributed by atoms with van der Waals surface area (Å²) in [5.74, 6) is 2.38. The number of rotatable bonds is 6. The molecule has 0 saturated carbocycles. The van der Waals surface area contributed by atoms with Gasteiger partial charge >= 0.3 is 0 Å². The normalized spacial score (nSPS) is 16.6. The quantitative estimate of drug-likeness (QED) is 0.0763. The molecule has 0 aromatic heterocycles. The van der Waals surface area contributed by atoms with Crippen molar-refractivity contribution in [2.24, 2.45) is 0 Å². The van der Waals surface area contributed by atoms with Gasteiger partial charge in [-0.3, -0.25) is 19.2 Å². The maximum atomic E-state index is 12.4. The molecule has 5 aliphatic rings. The zero-order valence-corrected chi connectivity index (χ0v) is 48.2. The van der Waals surface area contributed by atoms with Crippen LogP contribution in [0.2, 0.25) is 0 Å². The molecule has 0 radical (unpaired) electrons. The number of amides is 4. The third-order valence-electron chi connectivity index (χ3n) is 16.2. The van der Waals surface area contributed by atoms with Crippen molar-refractivity contribution in [3.8, 4) is 45.7 Å². The summed E-state index contributed by atoms with van der Waals surface area (Å²) in [5, 5.41) is 25.6. The summed E-state index contributed by atoms with van der Waals surface area (Å²) >= 11 is 0. The van der Waals surface area contributed by atoms with Crippen LogP contribution in [0.3, 0.4) is 0 Å². The van der Waals surface area contributed by atoms with E-state index in [-0.39, 0.29) is 48.3 Å². The third kappa shape index (κ3) is 12.2. The Morgan fingerprint density at radius 1 is 0.281 bits per heavy atom. The molecule has 12 nitrogen and oxygen atoms in total. The Labute approximate surface area is 516 Å². The molecule has 4 unspecified atom stereocenters. The van der Waals surface area contributed by atoms with Gasteiger partial charge in [0.05, 0.1) is 22.3 Å². The van der Waals surface area contributed by atoms with Crippen molar-refractivity contribution in [2.75, 3.05) is 21.3 Å². The number of carbonyl (C=O) groups is 4. The lowest BCUT2D eigenvalue weighted by Crippen LogP contribution is -2.38. The van der Waals surface area contributed by atoms with E-state index in [2.05, 4.69) is 133 Å². The molecule has 11 aromatic carbocycles. The highest BCUT2D eigenvalue weighted by molar-refractivity contribution is 6.04. The molecule has 0 fully saturated rings. The Kier molecular flexibility index (Phi) is 16.0. The van der Waals surface area contributed by atoms with Gasteiger partial charge in [0.1, 0.15) is 24.7 Å². The fraction of sp³-hybridized carbons (Fsp3) is 0.0649. The molecule has 4 heterocycles. The molecule has 0 saturated heterocycles. The summed E-state index contributed by atoms with van der Waals surface area (Å²) in [4.78, 5) is 49.0. The SMILES string of the molecule is C#Cc1ccc(C2NC(=O)c3ccccc3N2)cc1.O=C1NC(c2ccc3c(c2)Cc2ccccc2-3)Nc2ccccc21.O=C1NC(c2cccc(-c3ccccc3)c2)Nc2ccccc21.O=C1NC(c2ccccc2-c2ccccc2)Nc2ccccc21. The van der Waals surface area contributed by atoms with Crippen molar-refractivity contribution < 1.29 is 19.2 Å². The maximum Gasteiger partial charge on any atom is 0.255 e. The van der Waals surface area contributed by atoms with Crippen molar-refractivity contribution in [1.29, 1.82) is 0 Å². The van der Waals surface area contributed by atoms with Crippen molar-refractivity contribution >= 4 is 46.4 Å². The number of hydrogen-bond acceptors (Lipinski definition) is 8. The van der Waals surface area contributed by atoms with E-state index in [1.807, 2.05) is 182 Å². The minimum Gasteiger partial charge on any atom is -0.361 e. The zero-order chi connectivity index (χ0) is 60.6. The average Bonchev–Trinajstić information content (AvgIpc) is 2.69. The van der Waals surface area contributed by atoms with Crippen molar-refractivity contribution in [2.45, 2.75) is 31.1 Å². The monoisotopic (exact) mass is 1160 g/mol. The van der Waals surface area contributed by atoms with Gasteiger partial charge in [-0.2, -0.15) is 0 Å². The zero-order valence-electron chi connectivity index (χ0n) is 48.2. The second-order valence-electron chi connectivity index (χ2n) is 21.8. The Morgan fingerprint density at radius 2 is 0.663 bits per heavy atom. The number of terminal acetylenes is 1. The number of fused-ring (bicyclic) bond motifs is 7. The lowest BCUT2D eigenvalue weighted by Gasteiger charge is -2.29. The number of nitrogens with one attached hydrogen (secondary N) is 8. The molecule has 11 aromatic rings. The van der Waals surface area contributed by atoms with Crippen LogP contribution in [0.25, 0.3) is 33.4 Å². The molecule has 8 N–H and O–H groups in total. The van der Waals surface area contributed by atoms with Crippen LogP contribution in [0.15, 0.2) is 273 Å². The van der Waals surface area contributed by atoms with E-state index >= 15 is 0 Å². The van der Waals surface area contributed by atoms with E-state index in [9.17, 15) is 19.2 Å². The first-order chi connectivity index (χ1) is 43.7. The summed E-state index contributed by atoms with van der Waals surface area (Å²) in [6, 6.07) is 89.6. The molecule has 4 aliphatic heterocycles. The van der Waals surface area contributed by atoms with Gasteiger partial charge < -0.3 is 42.5 Å². The largest absolute Gasteiger partial charge is 0.361 e. The third-order valence-corrected chi connectivity index (χ3v) is 16.2. The second kappa shape index (κ2) is 25.3. The highest BCUT2D eigenvalue weighted by atomic mass is 16.2. The van der Waals surface area contributed by atoms with Crippen LogP contribution in [0.4, 0.5) is 22.7 Å². The summed E-state index contributed by atoms with van der Waals surface area (Å²) in [6.45, 7) is 0. The van der Waals surface area contributed by atoms with E-state index in [0.717, 1.165) is 79.2 Å². The first kappa shape index (κ1) is 56.2. The van der Waals surface area contributed by atoms with Crippen LogP contribution in [0.1, 0.15) is 105 Å². The van der Waals surface area contributed by atoms with Crippen LogP contribution in [-0.4, -0.2) is 23.6 Å². The van der Waals surface area contributed by atoms with Gasteiger partial charge in [0, 0.05) is 33.9 Å². The molecule has 1 aliphatic carbocycles. The number of carbonyl (C=O) groups excluding carboxylic acids is 4. The predicted molar refractivity (Wildman–Crippen MR) is 354 cm³/mol. The highest BCUT2D eigenvalue weighted by Gasteiger charge is 2.29. The Morgan fingerprint density at radius 3 is 1.19 bits per heavy atom. The van der Waals surface area contributed by atoms with Crippen LogP contribution in [-0.2, 0) is 6.42 Å². The van der Waals surface area contributed by atoms with E-state index in [1.54, 1.807) is 6.07 Å². The molecule has 12 heteroatoms. The maximum absolute atomic E-state index is 12.4. The van der Waals surface area contributed by atoms with Crippen LogP contribution >= 0.6 is 0 Å². The summed E-state index contributed by atoms with van der Waals surface area (Å²) < 4.78 is 0. The summed E-state index contributed by atoms with van der Waals surface area (Å²) in [6.07, 6.45) is 5.40. The van der Waals surface area contributed by atoms with E-state index in [4.69, 9.17) is 6.42 Å². The minimum atomic E-state index is -0.242. The van der Waals surface area contributed by atoms with Gasteiger partial charge in [-0.25, -0.2) is 0 Å². The fourth-order valence-corrected chi connectivity index (χ4v) is 11.8. The van der Waals surface area contributed by atoms with Gasteiger partial charge in [-0.15, -0.1) is 6.42 Å². The van der Waals surface area contributed by atoms with Crippen LogP contribution in [0, 0.1) is 12.3 Å². The molecule has 4 atom stereocenters. The smallest absolute Gasteiger partial charge is 0.255 e. The summed E-state index contributed by atoms with van der Waals surface area (Å²) in [7, 11) is 0. The minimum absolute atomic E-state index is 0.0295. The van der Waals surface area contributed by atoms with E-state index in [1.165, 1.54) is 22.3 Å². The number of benzene rings is 11. The fourth-order valence-electron chi connectivity index (χ4n) is 11.8. The Balaban J connectivity index is 0.000000110. The van der Waals surface area contributed by atoms with Crippen molar-refractivity contribution in [3.63, 3.8) is 0 Å². The lowest BCUT2D eigenvalue weighted by atomic mass is 9.96. The molecule has 0 spiro atoms. The van der Waals surface area contributed by atoms with Crippen LogP contribution < -0.4 is 42.5 Å². The Hall–Kier alpha value is -11.9. The molecule has 0 bridgehead atoms. The van der Waals surface area contributed by atoms with E-state index in [0.29, 0.717) is 22.3 Å². The molecule has 16 rings (SSSR count). The Bertz CT molecular complexity index is 4510. The number of para-hydroxylation sites is 4. The molecular formula is C77H60N8O4. The molecule has 4 amide bonds. The van der Waals surface area contributed by atoms with Gasteiger partial charge in [0.2, 0.25) is 0 Å². The van der Waals surface area contributed by atoms with Crippen LogP contribution in [0.5, 0.6) is 0 Å². The predicted octanol–water partition coefficient (Wildman–Crippen LogP) is 15.0. The van der Waals surface area contributed by atoms with E-state index < -0.39 is 0 Å². The second-order valence-corrected chi connectivity index (χ2v) is 21.8. The summed E-state index contributed by atoms with van der Waals surface area (Å²) in [5.41, 5.74) is 21.0. The van der Waals surface area contributed by atoms with Gasteiger partial charge in [0.25, 0.3) is 23.6 Å². The standard InChI is InChI=1S/C21H16N2O.2C20H16N2O.C16H12N2O/c24-21-18-7-3-4-8-19(18)22-20(23-21)14-9-10-17-15(12-14)11-13-5-1-2-6-16(13)17;23-20-17-12-6-7-13-18(17)21-19(22-20)16-11-5-4-10-15(16)14-8-2-1-3-9-14;23-20-17-11-4-5-12-18(17)21-19(22-20)16-10-6-9-15(13-16)14-7-2-1-3-8-14;1-2-11-7-9-12(10-8-11)15-17-14-6-4-3-5-13(14)16(19)18-15/h1-10,12,20,22H,11H2,(H,23,24);2*1-13,19,21H,(H,22,23);1,3-10,15,17H,(H,18,19). The lowest BCUT2D eigenvalue weighted by molar-refractivity contribution is 0.0927. The van der Waals surface area contributed by atoms with Gasteiger partial charge in [-0.1, -0.05) is 212 Å². The highest BCUT2D eigenvalue weighted by Crippen LogP contribution is 2.39. The number of hydrogen-bond donors (Lipinski definition) is 8. The average molecular weight is 1160 g/mol. The topological polar surface area (TPSA) is 165 Å².